The van der Waals surface area contributed by atoms with E-state index < -0.39 is 27.6 Å². The lowest BCUT2D eigenvalue weighted by molar-refractivity contribution is 0.102. The Labute approximate surface area is 196 Å². The molecule has 1 aromatic heterocycles. The summed E-state index contributed by atoms with van der Waals surface area (Å²) in [4.78, 5) is 41.3. The molecule has 2 N–H and O–H groups in total. The van der Waals surface area contributed by atoms with Crippen molar-refractivity contribution >= 4 is 44.3 Å². The fraction of sp³-hybridized carbons (Fsp3) is 0.261. The topological polar surface area (TPSA) is 129 Å². The van der Waals surface area contributed by atoms with Crippen molar-refractivity contribution in [2.75, 3.05) is 36.5 Å². The number of sulfonamides is 1. The lowest BCUT2D eigenvalue weighted by atomic mass is 10.1. The molecule has 34 heavy (non-hydrogen) atoms. The van der Waals surface area contributed by atoms with E-state index in [1.54, 1.807) is 38.1 Å². The van der Waals surface area contributed by atoms with Crippen LogP contribution in [0.15, 0.2) is 58.2 Å². The third-order valence-corrected chi connectivity index (χ3v) is 7.62. The van der Waals surface area contributed by atoms with E-state index in [-0.39, 0.29) is 17.1 Å². The van der Waals surface area contributed by atoms with E-state index in [0.29, 0.717) is 41.9 Å². The molecule has 11 heteroatoms. The first-order chi connectivity index (χ1) is 16.2. The molecule has 2 aromatic carbocycles. The highest BCUT2D eigenvalue weighted by Crippen LogP contribution is 2.25. The predicted octanol–water partition coefficient (Wildman–Crippen LogP) is 2.77. The molecule has 0 spiro atoms. The minimum absolute atomic E-state index is 0.0272. The second-order valence-corrected chi connectivity index (χ2v) is 9.55. The summed E-state index contributed by atoms with van der Waals surface area (Å²) in [7, 11) is -3.76. The molecule has 1 aliphatic rings. The van der Waals surface area contributed by atoms with Gasteiger partial charge in [0.05, 0.1) is 17.0 Å². The number of rotatable bonds is 7. The molecule has 0 saturated carbocycles. The van der Waals surface area contributed by atoms with Crippen LogP contribution in [0.25, 0.3) is 10.9 Å². The van der Waals surface area contributed by atoms with E-state index in [0.717, 1.165) is 6.07 Å². The SMILES string of the molecule is CCN(CC)S(=O)(=O)c1ccc2[nH]c(=O)cc(C(=O)Nc3cccc(N4CCOC4=O)c3)c2c1. The van der Waals surface area contributed by atoms with Gasteiger partial charge in [-0.15, -0.1) is 0 Å². The molecular formula is C23H24N4O6S. The molecule has 2 heterocycles. The zero-order valence-electron chi connectivity index (χ0n) is 18.7. The van der Waals surface area contributed by atoms with E-state index in [1.165, 1.54) is 27.4 Å². The maximum atomic E-state index is 13.2. The Morgan fingerprint density at radius 1 is 1.12 bits per heavy atom. The van der Waals surface area contributed by atoms with Crippen LogP contribution in [0, 0.1) is 0 Å². The molecule has 0 unspecified atom stereocenters. The first-order valence-electron chi connectivity index (χ1n) is 10.8. The van der Waals surface area contributed by atoms with Crippen LogP contribution in [0.1, 0.15) is 24.2 Å². The summed E-state index contributed by atoms with van der Waals surface area (Å²) in [5.41, 5.74) is 0.836. The largest absolute Gasteiger partial charge is 0.447 e. The predicted molar refractivity (Wildman–Crippen MR) is 128 cm³/mol. The number of hydrogen-bond donors (Lipinski definition) is 2. The fourth-order valence-corrected chi connectivity index (χ4v) is 5.36. The molecule has 0 radical (unpaired) electrons. The number of nitrogens with one attached hydrogen (secondary N) is 2. The average molecular weight is 485 g/mol. The van der Waals surface area contributed by atoms with E-state index >= 15 is 0 Å². The number of hydrogen-bond acceptors (Lipinski definition) is 6. The summed E-state index contributed by atoms with van der Waals surface area (Å²) in [5, 5.41) is 3.03. The van der Waals surface area contributed by atoms with Crippen molar-refractivity contribution in [2.45, 2.75) is 18.7 Å². The van der Waals surface area contributed by atoms with Gasteiger partial charge in [-0.1, -0.05) is 19.9 Å². The van der Waals surface area contributed by atoms with Crippen LogP contribution in [0.3, 0.4) is 0 Å². The monoisotopic (exact) mass is 484 g/mol. The van der Waals surface area contributed by atoms with Crippen LogP contribution in [-0.2, 0) is 14.8 Å². The molecule has 0 atom stereocenters. The third kappa shape index (κ3) is 4.39. The Bertz CT molecular complexity index is 1430. The highest BCUT2D eigenvalue weighted by Gasteiger charge is 2.25. The normalized spacial score (nSPS) is 14.0. The van der Waals surface area contributed by atoms with Crippen molar-refractivity contribution in [2.24, 2.45) is 0 Å². The van der Waals surface area contributed by atoms with Crippen molar-refractivity contribution in [3.05, 3.63) is 64.4 Å². The summed E-state index contributed by atoms with van der Waals surface area (Å²) < 4.78 is 32.2. The van der Waals surface area contributed by atoms with Crippen LogP contribution in [0.5, 0.6) is 0 Å². The summed E-state index contributed by atoms with van der Waals surface area (Å²) in [6, 6.07) is 12.1. The van der Waals surface area contributed by atoms with Crippen LogP contribution in [0.4, 0.5) is 16.2 Å². The van der Waals surface area contributed by atoms with Gasteiger partial charge in [0.2, 0.25) is 15.6 Å². The van der Waals surface area contributed by atoms with Gasteiger partial charge in [0.15, 0.2) is 0 Å². The number of fused-ring (bicyclic) bond motifs is 1. The summed E-state index contributed by atoms with van der Waals surface area (Å²) >= 11 is 0. The highest BCUT2D eigenvalue weighted by molar-refractivity contribution is 7.89. The van der Waals surface area contributed by atoms with Gasteiger partial charge in [-0.2, -0.15) is 4.31 Å². The minimum atomic E-state index is -3.76. The number of carbonyl (C=O) groups excluding carboxylic acids is 2. The van der Waals surface area contributed by atoms with E-state index in [1.807, 2.05) is 0 Å². The molecule has 1 fully saturated rings. The number of H-pyrrole nitrogens is 1. The maximum Gasteiger partial charge on any atom is 0.414 e. The van der Waals surface area contributed by atoms with Crippen LogP contribution in [0.2, 0.25) is 0 Å². The van der Waals surface area contributed by atoms with Gasteiger partial charge in [0.1, 0.15) is 6.61 Å². The molecule has 1 saturated heterocycles. The number of anilines is 2. The van der Waals surface area contributed by atoms with E-state index in [9.17, 15) is 22.8 Å². The zero-order valence-corrected chi connectivity index (χ0v) is 19.5. The van der Waals surface area contributed by atoms with Gasteiger partial charge in [0.25, 0.3) is 5.91 Å². The maximum absolute atomic E-state index is 13.2. The number of cyclic esters (lactones) is 1. The number of amides is 2. The Morgan fingerprint density at radius 2 is 1.88 bits per heavy atom. The number of ether oxygens (including phenoxy) is 1. The second kappa shape index (κ2) is 9.27. The number of benzene rings is 2. The van der Waals surface area contributed by atoms with Crippen molar-refractivity contribution in [3.8, 4) is 0 Å². The van der Waals surface area contributed by atoms with Gasteiger partial charge >= 0.3 is 6.09 Å². The average Bonchev–Trinajstić information content (AvgIpc) is 3.24. The molecule has 0 bridgehead atoms. The summed E-state index contributed by atoms with van der Waals surface area (Å²) in [6.07, 6.45) is -0.467. The van der Waals surface area contributed by atoms with Crippen molar-refractivity contribution < 1.29 is 22.7 Å². The number of carbonyl (C=O) groups is 2. The molecule has 0 aliphatic carbocycles. The van der Waals surface area contributed by atoms with E-state index in [4.69, 9.17) is 4.74 Å². The van der Waals surface area contributed by atoms with E-state index in [2.05, 4.69) is 10.3 Å². The van der Waals surface area contributed by atoms with Gasteiger partial charge < -0.3 is 15.0 Å². The van der Waals surface area contributed by atoms with Crippen molar-refractivity contribution in [1.82, 2.24) is 9.29 Å². The fourth-order valence-electron chi connectivity index (χ4n) is 3.87. The van der Waals surface area contributed by atoms with Crippen LogP contribution < -0.4 is 15.8 Å². The number of nitrogens with zero attached hydrogens (tertiary/aromatic N) is 2. The highest BCUT2D eigenvalue weighted by atomic mass is 32.2. The van der Waals surface area contributed by atoms with Gasteiger partial charge in [-0.05, 0) is 36.4 Å². The quantitative estimate of drug-likeness (QED) is 0.531. The Morgan fingerprint density at radius 3 is 2.56 bits per heavy atom. The first-order valence-corrected chi connectivity index (χ1v) is 12.2. The number of aromatic amines is 1. The minimum Gasteiger partial charge on any atom is -0.447 e. The molecular weight excluding hydrogens is 460 g/mol. The summed E-state index contributed by atoms with van der Waals surface area (Å²) in [6.45, 7) is 4.78. The summed E-state index contributed by atoms with van der Waals surface area (Å²) in [5.74, 6) is -0.588. The molecule has 3 aromatic rings. The standard InChI is InChI=1S/C23H24N4O6S/c1-3-26(4-2)34(31,32)17-8-9-20-18(13-17)19(14-21(28)25-20)22(29)24-15-6-5-7-16(12-15)27-10-11-33-23(27)30/h5-9,12-14H,3-4,10-11H2,1-2H3,(H,24,29)(H,25,28). The zero-order chi connectivity index (χ0) is 24.5. The van der Waals surface area contributed by atoms with Gasteiger partial charge in [-0.3, -0.25) is 14.5 Å². The Kier molecular flexibility index (Phi) is 6.40. The Balaban J connectivity index is 1.72. The first kappa shape index (κ1) is 23.5. The van der Waals surface area contributed by atoms with Crippen LogP contribution >= 0.6 is 0 Å². The van der Waals surface area contributed by atoms with Crippen LogP contribution in [-0.4, -0.2) is 55.9 Å². The lowest BCUT2D eigenvalue weighted by Crippen LogP contribution is -2.30. The second-order valence-electron chi connectivity index (χ2n) is 7.61. The molecule has 4 rings (SSSR count). The van der Waals surface area contributed by atoms with Crippen molar-refractivity contribution in [3.63, 3.8) is 0 Å². The lowest BCUT2D eigenvalue weighted by Gasteiger charge is -2.19. The van der Waals surface area contributed by atoms with Gasteiger partial charge in [0, 0.05) is 41.4 Å². The van der Waals surface area contributed by atoms with Gasteiger partial charge in [-0.25, -0.2) is 13.2 Å². The Hall–Kier alpha value is -3.70. The molecule has 10 nitrogen and oxygen atoms in total. The van der Waals surface area contributed by atoms with Crippen molar-refractivity contribution in [1.29, 1.82) is 0 Å². The molecule has 1 aliphatic heterocycles. The molecule has 178 valence electrons. The third-order valence-electron chi connectivity index (χ3n) is 5.58. The smallest absolute Gasteiger partial charge is 0.414 e. The number of aromatic nitrogens is 1. The number of pyridine rings is 1. The molecule has 2 amide bonds.